The summed E-state index contributed by atoms with van der Waals surface area (Å²) in [7, 11) is -3.69. The molecule has 1 saturated heterocycles. The van der Waals surface area contributed by atoms with Crippen molar-refractivity contribution in [3.05, 3.63) is 22.3 Å². The maximum Gasteiger partial charge on any atom is 0.516 e. The van der Waals surface area contributed by atoms with Crippen LogP contribution in [0.15, 0.2) is 6.07 Å². The molecule has 0 bridgehead atoms. The molecule has 30 heavy (non-hydrogen) atoms. The zero-order chi connectivity index (χ0) is 23.4. The molecule has 1 unspecified atom stereocenters. The quantitative estimate of drug-likeness (QED) is 0.337. The van der Waals surface area contributed by atoms with Crippen LogP contribution >= 0.6 is 67.8 Å². The second-order valence-corrected chi connectivity index (χ2v) is 13.2. The first-order valence-corrected chi connectivity index (χ1v) is 13.3. The minimum atomic E-state index is -5.64. The highest BCUT2D eigenvalue weighted by Gasteiger charge is 2.51. The summed E-state index contributed by atoms with van der Waals surface area (Å²) in [6.45, 7) is 7.97. The summed E-state index contributed by atoms with van der Waals surface area (Å²) in [5.74, 6) is -0.711. The van der Waals surface area contributed by atoms with Gasteiger partial charge in [-0.3, -0.25) is 9.62 Å². The van der Waals surface area contributed by atoms with Gasteiger partial charge in [-0.1, -0.05) is 0 Å². The number of nitrogens with zero attached hydrogens (tertiary/aromatic N) is 1. The van der Waals surface area contributed by atoms with Crippen molar-refractivity contribution in [3.63, 3.8) is 0 Å². The molecule has 0 aliphatic carbocycles. The van der Waals surface area contributed by atoms with E-state index in [1.807, 2.05) is 57.3 Å². The van der Waals surface area contributed by atoms with Crippen LogP contribution in [0.5, 0.6) is 0 Å². The molecule has 1 N–H and O–H groups in total. The monoisotopic (exact) mass is 786 g/mol. The summed E-state index contributed by atoms with van der Waals surface area (Å²) >= 11 is 5.27. The Morgan fingerprint density at radius 2 is 1.73 bits per heavy atom. The molecule has 170 valence electrons. The molecule has 0 saturated carbocycles. The minimum Gasteiger partial charge on any atom is -0.457 e. The van der Waals surface area contributed by atoms with Crippen LogP contribution in [-0.2, 0) is 14.8 Å². The summed E-state index contributed by atoms with van der Waals surface area (Å²) < 4.78 is 69.8. The van der Waals surface area contributed by atoms with E-state index in [9.17, 15) is 26.4 Å². The number of carbonyl (C=O) groups excluding carboxylic acids is 1. The molecule has 1 aliphatic rings. The fourth-order valence-electron chi connectivity index (χ4n) is 3.27. The molecule has 0 spiro atoms. The van der Waals surface area contributed by atoms with E-state index >= 15 is 0 Å². The van der Waals surface area contributed by atoms with Crippen molar-refractivity contribution in [1.29, 1.82) is 0 Å². The maximum absolute atomic E-state index is 13.0. The number of carbonyl (C=O) groups is 1. The van der Waals surface area contributed by atoms with Gasteiger partial charge in [-0.05, 0) is 109 Å². The van der Waals surface area contributed by atoms with Gasteiger partial charge in [0.15, 0.2) is 0 Å². The number of sulfonamides is 1. The molecule has 1 aromatic carbocycles. The van der Waals surface area contributed by atoms with Gasteiger partial charge in [0.05, 0.1) is 20.4 Å². The lowest BCUT2D eigenvalue weighted by Gasteiger charge is -2.37. The van der Waals surface area contributed by atoms with Gasteiger partial charge in [-0.25, -0.2) is 4.79 Å². The lowest BCUT2D eigenvalue weighted by atomic mass is 9.97. The van der Waals surface area contributed by atoms with Crippen molar-refractivity contribution in [2.45, 2.75) is 56.8 Å². The molecule has 1 atom stereocenters. The number of rotatable bonds is 4. The number of likely N-dealkylation sites (tertiary alicyclic amines) is 1. The van der Waals surface area contributed by atoms with Crippen molar-refractivity contribution in [2.24, 2.45) is 0 Å². The average Bonchev–Trinajstić information content (AvgIpc) is 2.70. The summed E-state index contributed by atoms with van der Waals surface area (Å²) in [4.78, 5) is 15.1. The molecule has 6 nitrogen and oxygen atoms in total. The van der Waals surface area contributed by atoms with E-state index in [4.69, 9.17) is 4.74 Å². The lowest BCUT2D eigenvalue weighted by Crippen LogP contribution is -2.48. The fourth-order valence-corrected chi connectivity index (χ4v) is 8.32. The first-order chi connectivity index (χ1) is 13.3. The molecular formula is C17H20F3I3N2O4S. The van der Waals surface area contributed by atoms with Crippen LogP contribution in [0.25, 0.3) is 0 Å². The average molecular weight is 786 g/mol. The van der Waals surface area contributed by atoms with E-state index in [1.54, 1.807) is 49.9 Å². The Hall–Kier alpha value is 0.380. The second-order valence-electron chi connectivity index (χ2n) is 8.08. The molecule has 0 aromatic heterocycles. The summed E-state index contributed by atoms with van der Waals surface area (Å²) in [5, 5.41) is 0. The summed E-state index contributed by atoms with van der Waals surface area (Å²) in [5.41, 5.74) is -6.43. The SMILES string of the molecule is CN1C(C)(C)CC(OC(=O)c2c(I)cc(I)c(NS(=O)(=O)C(F)(F)F)c2I)C1(C)C. The zero-order valence-electron chi connectivity index (χ0n) is 16.6. The van der Waals surface area contributed by atoms with Crippen molar-refractivity contribution < 1.29 is 31.1 Å². The van der Waals surface area contributed by atoms with E-state index in [-0.39, 0.29) is 23.9 Å². The van der Waals surface area contributed by atoms with Gasteiger partial charge in [-0.15, -0.1) is 0 Å². The highest BCUT2D eigenvalue weighted by Crippen LogP contribution is 2.42. The van der Waals surface area contributed by atoms with Crippen molar-refractivity contribution in [2.75, 3.05) is 11.8 Å². The van der Waals surface area contributed by atoms with Crippen LogP contribution in [0.1, 0.15) is 44.5 Å². The number of esters is 1. The minimum absolute atomic E-state index is 0.0275. The van der Waals surface area contributed by atoms with Crippen LogP contribution in [0.3, 0.4) is 0 Å². The Kier molecular flexibility index (Phi) is 7.66. The first-order valence-electron chi connectivity index (χ1n) is 8.54. The van der Waals surface area contributed by atoms with Crippen LogP contribution < -0.4 is 4.72 Å². The standard InChI is InChI=1S/C17H20F3I3N2O4S/c1-15(2)7-10(16(3,4)25(15)5)29-14(26)11-8(21)6-9(22)13(12(11)23)24-30(27,28)17(18,19)20/h6,10,24H,7H2,1-5H3. The molecule has 0 radical (unpaired) electrons. The third kappa shape index (κ3) is 4.98. The summed E-state index contributed by atoms with van der Waals surface area (Å²) in [6, 6.07) is 1.43. The first kappa shape index (κ1) is 26.6. The molecular weight excluding hydrogens is 766 g/mol. The highest BCUT2D eigenvalue weighted by atomic mass is 127. The number of anilines is 1. The number of benzene rings is 1. The Balaban J connectivity index is 2.45. The Morgan fingerprint density at radius 1 is 1.20 bits per heavy atom. The van der Waals surface area contributed by atoms with Crippen molar-refractivity contribution in [1.82, 2.24) is 4.90 Å². The third-order valence-electron chi connectivity index (χ3n) is 5.41. The Bertz CT molecular complexity index is 981. The van der Waals surface area contributed by atoms with Crippen molar-refractivity contribution >= 4 is 89.5 Å². The molecule has 2 rings (SSSR count). The normalized spacial score (nSPS) is 21.5. The number of alkyl halides is 3. The molecule has 1 heterocycles. The van der Waals surface area contributed by atoms with Gasteiger partial charge in [0.2, 0.25) is 0 Å². The summed E-state index contributed by atoms with van der Waals surface area (Å²) in [6.07, 6.45) is 0.124. The highest BCUT2D eigenvalue weighted by molar-refractivity contribution is 14.1. The van der Waals surface area contributed by atoms with Gasteiger partial charge < -0.3 is 4.74 Å². The number of ether oxygens (including phenoxy) is 1. The van der Waals surface area contributed by atoms with Gasteiger partial charge >= 0.3 is 21.5 Å². The van der Waals surface area contributed by atoms with E-state index in [2.05, 4.69) is 4.90 Å². The van der Waals surface area contributed by atoms with Gasteiger partial charge in [0, 0.05) is 19.1 Å². The predicted octanol–water partition coefficient (Wildman–Crippen LogP) is 5.18. The number of hydrogen-bond donors (Lipinski definition) is 1. The Labute approximate surface area is 214 Å². The topological polar surface area (TPSA) is 75.7 Å². The van der Waals surface area contributed by atoms with Crippen LogP contribution in [0.4, 0.5) is 18.9 Å². The fraction of sp³-hybridized carbons (Fsp3) is 0.588. The molecule has 1 fully saturated rings. The number of likely N-dealkylation sites (N-methyl/N-ethyl adjacent to an activating group) is 1. The smallest absolute Gasteiger partial charge is 0.457 e. The third-order valence-corrected chi connectivity index (χ3v) is 9.27. The molecule has 1 aromatic rings. The van der Waals surface area contributed by atoms with E-state index in [1.165, 1.54) is 6.07 Å². The van der Waals surface area contributed by atoms with Crippen LogP contribution in [0, 0.1) is 10.7 Å². The predicted molar refractivity (Wildman–Crippen MR) is 133 cm³/mol. The Morgan fingerprint density at radius 3 is 2.17 bits per heavy atom. The molecule has 13 heteroatoms. The number of hydrogen-bond acceptors (Lipinski definition) is 5. The van der Waals surface area contributed by atoms with Crippen molar-refractivity contribution in [3.8, 4) is 0 Å². The largest absolute Gasteiger partial charge is 0.516 e. The van der Waals surface area contributed by atoms with Gasteiger partial charge in [-0.2, -0.15) is 21.6 Å². The zero-order valence-corrected chi connectivity index (χ0v) is 23.9. The molecule has 0 amide bonds. The second kappa shape index (κ2) is 8.62. The van der Waals surface area contributed by atoms with Gasteiger partial charge in [0.1, 0.15) is 6.10 Å². The van der Waals surface area contributed by atoms with Crippen LogP contribution in [0.2, 0.25) is 0 Å². The van der Waals surface area contributed by atoms with E-state index < -0.39 is 33.1 Å². The molecule has 1 aliphatic heterocycles. The van der Waals surface area contributed by atoms with E-state index in [0.717, 1.165) is 0 Å². The maximum atomic E-state index is 13.0. The number of nitrogens with one attached hydrogen (secondary N) is 1. The number of halogens is 6. The van der Waals surface area contributed by atoms with E-state index in [0.29, 0.717) is 9.99 Å². The van der Waals surface area contributed by atoms with Gasteiger partial charge in [0.25, 0.3) is 0 Å². The van der Waals surface area contributed by atoms with Crippen LogP contribution in [-0.4, -0.2) is 49.0 Å². The lowest BCUT2D eigenvalue weighted by molar-refractivity contribution is -0.0429.